The molecule has 1 aromatic heterocycles. The smallest absolute Gasteiger partial charge is 0.404 e. The maximum absolute atomic E-state index is 13.0. The number of carbonyl (C=O) groups is 2. The van der Waals surface area contributed by atoms with Crippen molar-refractivity contribution in [2.24, 2.45) is 0 Å². The predicted molar refractivity (Wildman–Crippen MR) is 134 cm³/mol. The summed E-state index contributed by atoms with van der Waals surface area (Å²) in [5.74, 6) is -1.81. The van der Waals surface area contributed by atoms with Crippen LogP contribution in [0.2, 0.25) is 0 Å². The Morgan fingerprint density at radius 1 is 1.00 bits per heavy atom. The van der Waals surface area contributed by atoms with Crippen molar-refractivity contribution in [2.75, 3.05) is 45.1 Å². The van der Waals surface area contributed by atoms with Crippen LogP contribution in [0.1, 0.15) is 20.9 Å². The first kappa shape index (κ1) is 29.4. The molecular weight excluding hydrogens is 564 g/mol. The van der Waals surface area contributed by atoms with Crippen LogP contribution in [0.25, 0.3) is 10.6 Å². The fourth-order valence-electron chi connectivity index (χ4n) is 3.92. The number of anilines is 1. The minimum atomic E-state index is -5.03. The van der Waals surface area contributed by atoms with Gasteiger partial charge in [0.05, 0.1) is 24.2 Å². The molecule has 0 aliphatic carbocycles. The monoisotopic (exact) mass is 587 g/mol. The normalized spacial score (nSPS) is 15.2. The second kappa shape index (κ2) is 11.9. The highest BCUT2D eigenvalue weighted by atomic mass is 32.1. The van der Waals surface area contributed by atoms with Gasteiger partial charge >= 0.3 is 12.5 Å². The number of nitrogens with zero attached hydrogens (tertiary/aromatic N) is 4. The Bertz CT molecular complexity index is 1370. The van der Waals surface area contributed by atoms with Gasteiger partial charge in [0.25, 0.3) is 0 Å². The van der Waals surface area contributed by atoms with Crippen molar-refractivity contribution in [3.05, 3.63) is 58.6 Å². The first-order chi connectivity index (χ1) is 18.8. The number of Topliss-reactive ketones (excluding diaryl/α,β-unsaturated/α-hetero) is 1. The van der Waals surface area contributed by atoms with Gasteiger partial charge in [-0.05, 0) is 37.4 Å². The predicted octanol–water partition coefficient (Wildman–Crippen LogP) is 4.73. The summed E-state index contributed by atoms with van der Waals surface area (Å²) in [5, 5.41) is 10.5. The Kier molecular flexibility index (Phi) is 8.75. The topological polar surface area (TPSA) is 87.7 Å². The molecule has 1 amide bonds. The van der Waals surface area contributed by atoms with Crippen molar-refractivity contribution in [2.45, 2.75) is 19.0 Å². The lowest BCUT2D eigenvalue weighted by molar-refractivity contribution is -0.274. The molecular formula is C25H23F6N5O3S. The van der Waals surface area contributed by atoms with Crippen LogP contribution in [0.3, 0.4) is 0 Å². The number of amides is 1. The number of hydrogen-bond donors (Lipinski definition) is 1. The van der Waals surface area contributed by atoms with E-state index in [0.29, 0.717) is 13.1 Å². The average molecular weight is 588 g/mol. The van der Waals surface area contributed by atoms with Gasteiger partial charge in [-0.3, -0.25) is 14.5 Å². The lowest BCUT2D eigenvalue weighted by atomic mass is 10.1. The third kappa shape index (κ3) is 7.99. The lowest BCUT2D eigenvalue weighted by Gasteiger charge is -2.31. The molecule has 0 unspecified atom stereocenters. The highest BCUT2D eigenvalue weighted by Gasteiger charge is 2.33. The van der Waals surface area contributed by atoms with Crippen LogP contribution in [0.15, 0.2) is 42.5 Å². The zero-order chi connectivity index (χ0) is 29.1. The van der Waals surface area contributed by atoms with Gasteiger partial charge in [0.2, 0.25) is 5.91 Å². The van der Waals surface area contributed by atoms with Crippen molar-refractivity contribution in [3.63, 3.8) is 0 Å². The fraction of sp³-hybridized carbons (Fsp3) is 0.360. The molecule has 1 saturated heterocycles. The minimum Gasteiger partial charge on any atom is -0.404 e. The number of nitrogens with one attached hydrogen (secondary N) is 1. The Morgan fingerprint density at radius 2 is 1.73 bits per heavy atom. The fourth-order valence-corrected chi connectivity index (χ4v) is 4.76. The number of carbonyl (C=O) groups excluding carboxylic acids is 2. The Hall–Kier alpha value is -3.56. The van der Waals surface area contributed by atoms with E-state index in [-0.39, 0.29) is 39.8 Å². The highest BCUT2D eigenvalue weighted by Crippen LogP contribution is 2.34. The lowest BCUT2D eigenvalue weighted by Crippen LogP contribution is -2.47. The molecule has 3 aromatic rings. The Morgan fingerprint density at radius 3 is 2.40 bits per heavy atom. The zero-order valence-corrected chi connectivity index (χ0v) is 21.8. The largest absolute Gasteiger partial charge is 0.573 e. The number of hydrogen-bond acceptors (Lipinski definition) is 8. The molecule has 0 spiro atoms. The summed E-state index contributed by atoms with van der Waals surface area (Å²) in [4.78, 5) is 29.5. The van der Waals surface area contributed by atoms with E-state index in [2.05, 4.69) is 25.2 Å². The van der Waals surface area contributed by atoms with Crippen LogP contribution in [0.5, 0.6) is 5.75 Å². The van der Waals surface area contributed by atoms with E-state index in [1.165, 1.54) is 12.1 Å². The highest BCUT2D eigenvalue weighted by molar-refractivity contribution is 7.14. The second-order valence-electron chi connectivity index (χ2n) is 9.07. The molecule has 214 valence electrons. The number of halogens is 6. The third-order valence-electron chi connectivity index (χ3n) is 5.98. The van der Waals surface area contributed by atoms with Gasteiger partial charge in [0, 0.05) is 37.3 Å². The molecule has 4 rings (SSSR count). The van der Waals surface area contributed by atoms with Gasteiger partial charge < -0.3 is 15.0 Å². The summed E-state index contributed by atoms with van der Waals surface area (Å²) in [7, 11) is 1.94. The molecule has 40 heavy (non-hydrogen) atoms. The molecule has 8 nitrogen and oxygen atoms in total. The maximum atomic E-state index is 13.0. The molecule has 0 atom stereocenters. The molecule has 1 fully saturated rings. The third-order valence-corrected chi connectivity index (χ3v) is 6.95. The number of piperazine rings is 1. The first-order valence-electron chi connectivity index (χ1n) is 11.9. The van der Waals surface area contributed by atoms with Crippen LogP contribution < -0.4 is 10.1 Å². The molecule has 15 heteroatoms. The molecule has 1 aliphatic rings. The summed E-state index contributed by atoms with van der Waals surface area (Å²) >= 11 is 0.911. The summed E-state index contributed by atoms with van der Waals surface area (Å²) in [6.45, 7) is 2.64. The maximum Gasteiger partial charge on any atom is 0.573 e. The summed E-state index contributed by atoms with van der Waals surface area (Å²) < 4.78 is 82.0. The summed E-state index contributed by atoms with van der Waals surface area (Å²) in [6.07, 6.45) is -9.89. The van der Waals surface area contributed by atoms with E-state index in [0.717, 1.165) is 54.8 Å². The number of likely N-dealkylation sites (N-methyl/N-ethyl adjacent to an activating group) is 1. The Balaban J connectivity index is 1.49. The molecule has 0 radical (unpaired) electrons. The van der Waals surface area contributed by atoms with Crippen molar-refractivity contribution in [3.8, 4) is 16.3 Å². The molecule has 2 heterocycles. The van der Waals surface area contributed by atoms with Crippen LogP contribution in [-0.4, -0.2) is 77.8 Å². The molecule has 0 saturated carbocycles. The van der Waals surface area contributed by atoms with E-state index >= 15 is 0 Å². The molecule has 2 aromatic carbocycles. The molecule has 0 bridgehead atoms. The van der Waals surface area contributed by atoms with Gasteiger partial charge in [-0.2, -0.15) is 13.2 Å². The van der Waals surface area contributed by atoms with E-state index in [9.17, 15) is 35.9 Å². The van der Waals surface area contributed by atoms with Gasteiger partial charge in [0.15, 0.2) is 11.5 Å². The van der Waals surface area contributed by atoms with Crippen LogP contribution in [0, 0.1) is 0 Å². The van der Waals surface area contributed by atoms with Crippen molar-refractivity contribution >= 4 is 28.7 Å². The summed E-state index contributed by atoms with van der Waals surface area (Å²) in [6, 6.07) is 7.63. The minimum absolute atomic E-state index is 0.0276. The van der Waals surface area contributed by atoms with Crippen molar-refractivity contribution in [1.29, 1.82) is 0 Å². The number of benzene rings is 2. The van der Waals surface area contributed by atoms with E-state index in [1.807, 2.05) is 11.9 Å². The zero-order valence-electron chi connectivity index (χ0n) is 21.0. The van der Waals surface area contributed by atoms with Gasteiger partial charge in [-0.15, -0.1) is 23.4 Å². The number of alkyl halides is 6. The quantitative estimate of drug-likeness (QED) is 0.301. The van der Waals surface area contributed by atoms with Crippen molar-refractivity contribution in [1.82, 2.24) is 20.0 Å². The van der Waals surface area contributed by atoms with Gasteiger partial charge in [-0.1, -0.05) is 23.5 Å². The number of rotatable bonds is 8. The second-order valence-corrected chi connectivity index (χ2v) is 10.1. The van der Waals surface area contributed by atoms with Gasteiger partial charge in [0.1, 0.15) is 10.0 Å². The molecule has 1 N–H and O–H groups in total. The Labute approximate surface area is 228 Å². The standard InChI is InChI=1S/C25H23F6N5O3S/c1-35-7-9-36(10-8-35)14-21(38)32-18-12-15(5-6-20(18)39-25(29,30)31)19(37)13-22-33-34-23(40-22)16-3-2-4-17(11-16)24(26,27)28/h2-6,11-12H,7-10,13-14H2,1H3,(H,32,38). The van der Waals surface area contributed by atoms with E-state index in [4.69, 9.17) is 0 Å². The van der Waals surface area contributed by atoms with Crippen LogP contribution in [-0.2, 0) is 17.4 Å². The van der Waals surface area contributed by atoms with E-state index < -0.39 is 35.5 Å². The SMILES string of the molecule is CN1CCN(CC(=O)Nc2cc(C(=O)Cc3nnc(-c4cccc(C(F)(F)F)c4)s3)ccc2OC(F)(F)F)CC1. The van der Waals surface area contributed by atoms with Crippen LogP contribution >= 0.6 is 11.3 Å². The first-order valence-corrected chi connectivity index (χ1v) is 12.7. The van der Waals surface area contributed by atoms with Crippen molar-refractivity contribution < 1.29 is 40.7 Å². The average Bonchev–Trinajstić information content (AvgIpc) is 3.33. The molecule has 1 aliphatic heterocycles. The number of ketones is 1. The van der Waals surface area contributed by atoms with Crippen LogP contribution in [0.4, 0.5) is 32.0 Å². The summed E-state index contributed by atoms with van der Waals surface area (Å²) in [5.41, 5.74) is -1.05. The number of ether oxygens (including phenoxy) is 1. The van der Waals surface area contributed by atoms with Gasteiger partial charge in [-0.25, -0.2) is 0 Å². The van der Waals surface area contributed by atoms with E-state index in [1.54, 1.807) is 0 Å². The number of aromatic nitrogens is 2.